The Labute approximate surface area is 287 Å². The van der Waals surface area contributed by atoms with E-state index in [4.69, 9.17) is 15.0 Å². The lowest BCUT2D eigenvalue weighted by atomic mass is 9.80. The van der Waals surface area contributed by atoms with E-state index in [0.29, 0.717) is 17.5 Å². The van der Waals surface area contributed by atoms with Gasteiger partial charge in [0.05, 0.1) is 0 Å². The second kappa shape index (κ2) is 11.6. The topological polar surface area (TPSA) is 38.7 Å². The highest BCUT2D eigenvalue weighted by molar-refractivity contribution is 5.98. The van der Waals surface area contributed by atoms with Crippen LogP contribution in [-0.2, 0) is 5.41 Å². The first kappa shape index (κ1) is 29.2. The third kappa shape index (κ3) is 5.10. The highest BCUT2D eigenvalue weighted by Crippen LogP contribution is 2.52. The molecule has 1 atom stereocenters. The standard InChI is InChI=1S/C46H35N3/c1-46(2)41-26-24-36(29-40(41)39-25-23-30-13-9-10-22-38(30)42(39)46)34-19-11-18-33(27-34)35-20-12-21-37(28-35)45-48-43(31-14-5-3-6-15-31)47-44(49-45)32-16-7-4-8-17-32/h3-17,19-29,33H,18H2,1-2H3. The normalized spacial score (nSPS) is 15.9. The quantitative estimate of drug-likeness (QED) is 0.190. The van der Waals surface area contributed by atoms with Crippen molar-refractivity contribution in [3.63, 3.8) is 0 Å². The van der Waals surface area contributed by atoms with E-state index in [9.17, 15) is 0 Å². The van der Waals surface area contributed by atoms with Gasteiger partial charge in [-0.25, -0.2) is 15.0 Å². The lowest BCUT2D eigenvalue weighted by Crippen LogP contribution is -2.15. The molecule has 1 unspecified atom stereocenters. The molecule has 0 N–H and O–H groups in total. The van der Waals surface area contributed by atoms with Crippen molar-refractivity contribution in [2.45, 2.75) is 31.6 Å². The van der Waals surface area contributed by atoms with Gasteiger partial charge in [-0.15, -0.1) is 0 Å². The van der Waals surface area contributed by atoms with Crippen LogP contribution in [0.2, 0.25) is 0 Å². The summed E-state index contributed by atoms with van der Waals surface area (Å²) in [6.07, 6.45) is 7.98. The number of aromatic nitrogens is 3. The molecule has 2 aliphatic carbocycles. The second-order valence-electron chi connectivity index (χ2n) is 13.6. The molecule has 7 aromatic rings. The molecule has 0 spiro atoms. The van der Waals surface area contributed by atoms with Gasteiger partial charge in [-0.1, -0.05) is 159 Å². The monoisotopic (exact) mass is 629 g/mol. The maximum absolute atomic E-state index is 4.98. The van der Waals surface area contributed by atoms with Gasteiger partial charge in [-0.2, -0.15) is 0 Å². The van der Waals surface area contributed by atoms with Crippen LogP contribution in [0.4, 0.5) is 0 Å². The van der Waals surface area contributed by atoms with E-state index in [1.165, 1.54) is 49.7 Å². The Morgan fingerprint density at radius 3 is 1.94 bits per heavy atom. The van der Waals surface area contributed by atoms with E-state index in [-0.39, 0.29) is 11.3 Å². The summed E-state index contributed by atoms with van der Waals surface area (Å²) in [5.41, 5.74) is 12.2. The summed E-state index contributed by atoms with van der Waals surface area (Å²) in [5.74, 6) is 2.27. The van der Waals surface area contributed by atoms with Crippen molar-refractivity contribution in [3.05, 3.63) is 180 Å². The van der Waals surface area contributed by atoms with Gasteiger partial charge in [0.25, 0.3) is 0 Å². The third-order valence-electron chi connectivity index (χ3n) is 10.2. The van der Waals surface area contributed by atoms with E-state index in [2.05, 4.69) is 111 Å². The Bertz CT molecular complexity index is 2380. The smallest absolute Gasteiger partial charge is 0.164 e. The fourth-order valence-corrected chi connectivity index (χ4v) is 7.75. The van der Waals surface area contributed by atoms with Crippen LogP contribution in [0.1, 0.15) is 48.4 Å². The molecule has 3 heteroatoms. The molecule has 0 saturated carbocycles. The van der Waals surface area contributed by atoms with Gasteiger partial charge in [0.15, 0.2) is 17.5 Å². The Kier molecular flexibility index (Phi) is 6.94. The Morgan fingerprint density at radius 2 is 1.20 bits per heavy atom. The highest BCUT2D eigenvalue weighted by Gasteiger charge is 2.37. The highest BCUT2D eigenvalue weighted by atomic mass is 15.0. The van der Waals surface area contributed by atoms with E-state index < -0.39 is 0 Å². The molecule has 0 saturated heterocycles. The maximum Gasteiger partial charge on any atom is 0.164 e. The molecule has 0 aliphatic heterocycles. The van der Waals surface area contributed by atoms with Crippen LogP contribution in [0, 0.1) is 0 Å². The first-order chi connectivity index (χ1) is 24.0. The van der Waals surface area contributed by atoms with Gasteiger partial charge in [0, 0.05) is 28.0 Å². The first-order valence-corrected chi connectivity index (χ1v) is 17.1. The van der Waals surface area contributed by atoms with Crippen LogP contribution in [0.5, 0.6) is 0 Å². The van der Waals surface area contributed by atoms with Crippen molar-refractivity contribution >= 4 is 16.3 Å². The predicted molar refractivity (Wildman–Crippen MR) is 202 cm³/mol. The van der Waals surface area contributed by atoms with E-state index in [1.807, 2.05) is 60.7 Å². The third-order valence-corrected chi connectivity index (χ3v) is 10.2. The summed E-state index contributed by atoms with van der Waals surface area (Å²) in [4.78, 5) is 14.8. The lowest BCUT2D eigenvalue weighted by molar-refractivity contribution is 0.666. The average molecular weight is 630 g/mol. The summed E-state index contributed by atoms with van der Waals surface area (Å²) in [6, 6.07) is 49.5. The van der Waals surface area contributed by atoms with Crippen molar-refractivity contribution in [3.8, 4) is 45.3 Å². The summed E-state index contributed by atoms with van der Waals surface area (Å²) in [6.45, 7) is 4.73. The molecule has 9 rings (SSSR count). The fourth-order valence-electron chi connectivity index (χ4n) is 7.75. The number of allylic oxidation sites excluding steroid dienone is 4. The molecule has 0 amide bonds. The van der Waals surface area contributed by atoms with Crippen LogP contribution < -0.4 is 0 Å². The molecule has 0 radical (unpaired) electrons. The van der Waals surface area contributed by atoms with E-state index in [1.54, 1.807) is 0 Å². The minimum Gasteiger partial charge on any atom is -0.208 e. The summed E-state index contributed by atoms with van der Waals surface area (Å²) >= 11 is 0. The van der Waals surface area contributed by atoms with Crippen molar-refractivity contribution in [2.24, 2.45) is 0 Å². The van der Waals surface area contributed by atoms with Crippen LogP contribution in [-0.4, -0.2) is 15.0 Å². The number of hydrogen-bond donors (Lipinski definition) is 0. The van der Waals surface area contributed by atoms with Crippen LogP contribution in [0.15, 0.2) is 158 Å². The molecule has 2 aliphatic rings. The van der Waals surface area contributed by atoms with E-state index >= 15 is 0 Å². The van der Waals surface area contributed by atoms with Gasteiger partial charge in [-0.3, -0.25) is 0 Å². The molecule has 234 valence electrons. The second-order valence-corrected chi connectivity index (χ2v) is 13.6. The minimum absolute atomic E-state index is 0.0560. The van der Waals surface area contributed by atoms with Crippen molar-refractivity contribution < 1.29 is 0 Å². The molecule has 1 heterocycles. The SMILES string of the molecule is CC1(C)c2ccc(C3=CC(c4cccc(-c5nc(-c6ccccc6)nc(-c6ccccc6)n5)c4)CC=C3)cc2-c2ccc3ccccc3c21. The largest absolute Gasteiger partial charge is 0.208 e. The summed E-state index contributed by atoms with van der Waals surface area (Å²) in [7, 11) is 0. The first-order valence-electron chi connectivity index (χ1n) is 17.1. The number of benzene rings is 6. The molecular formula is C46H35N3. The summed E-state index contributed by atoms with van der Waals surface area (Å²) < 4.78 is 0. The maximum atomic E-state index is 4.98. The van der Waals surface area contributed by atoms with Crippen molar-refractivity contribution in [1.82, 2.24) is 15.0 Å². The zero-order valence-corrected chi connectivity index (χ0v) is 27.6. The van der Waals surface area contributed by atoms with Crippen LogP contribution >= 0.6 is 0 Å². The van der Waals surface area contributed by atoms with Crippen molar-refractivity contribution in [1.29, 1.82) is 0 Å². The van der Waals surface area contributed by atoms with Gasteiger partial charge in [0.2, 0.25) is 0 Å². The van der Waals surface area contributed by atoms with Gasteiger partial charge >= 0.3 is 0 Å². The average Bonchev–Trinajstić information content (AvgIpc) is 3.41. The van der Waals surface area contributed by atoms with E-state index in [0.717, 1.165) is 23.1 Å². The zero-order valence-electron chi connectivity index (χ0n) is 27.6. The summed E-state index contributed by atoms with van der Waals surface area (Å²) in [5, 5.41) is 2.65. The van der Waals surface area contributed by atoms with Crippen LogP contribution in [0.3, 0.4) is 0 Å². The van der Waals surface area contributed by atoms with Gasteiger partial charge in [-0.05, 0) is 68.3 Å². The molecule has 0 bridgehead atoms. The van der Waals surface area contributed by atoms with Gasteiger partial charge < -0.3 is 0 Å². The fraction of sp³-hybridized carbons (Fsp3) is 0.109. The van der Waals surface area contributed by atoms with Gasteiger partial charge in [0.1, 0.15) is 0 Å². The number of rotatable bonds is 5. The molecule has 1 aromatic heterocycles. The Hall–Kier alpha value is -5.93. The lowest BCUT2D eigenvalue weighted by Gasteiger charge is -2.23. The molecule has 0 fully saturated rings. The molecule has 6 aromatic carbocycles. The molecule has 3 nitrogen and oxygen atoms in total. The molecular weight excluding hydrogens is 595 g/mol. The predicted octanol–water partition coefficient (Wildman–Crippen LogP) is 11.5. The number of hydrogen-bond acceptors (Lipinski definition) is 3. The van der Waals surface area contributed by atoms with Crippen molar-refractivity contribution in [2.75, 3.05) is 0 Å². The Morgan fingerprint density at radius 1 is 0.551 bits per heavy atom. The van der Waals surface area contributed by atoms with Crippen LogP contribution in [0.25, 0.3) is 61.6 Å². The number of nitrogens with zero attached hydrogens (tertiary/aromatic N) is 3. The zero-order chi connectivity index (χ0) is 33.0. The molecule has 49 heavy (non-hydrogen) atoms. The minimum atomic E-state index is -0.0560. The Balaban J connectivity index is 1.08. The number of fused-ring (bicyclic) bond motifs is 5.